The molecule has 1 heteroatoms. The number of rotatable bonds is 2. The first-order valence-corrected chi connectivity index (χ1v) is 4.87. The van der Waals surface area contributed by atoms with Gasteiger partial charge < -0.3 is 0 Å². The van der Waals surface area contributed by atoms with E-state index in [2.05, 4.69) is 0 Å². The molecule has 72 valence electrons. The summed E-state index contributed by atoms with van der Waals surface area (Å²) in [6, 6.07) is 19.3. The summed E-state index contributed by atoms with van der Waals surface area (Å²) in [5.74, 6) is 0. The fourth-order valence-corrected chi connectivity index (χ4v) is 1.40. The molecule has 2 radical (unpaired) electrons. The first-order chi connectivity index (χ1) is 7.36. The Labute approximate surface area is 89.9 Å². The van der Waals surface area contributed by atoms with Gasteiger partial charge >= 0.3 is 0 Å². The van der Waals surface area contributed by atoms with Crippen LogP contribution < -0.4 is 5.73 Å². The Balaban J connectivity index is 2.29. The third kappa shape index (κ3) is 2.47. The molecule has 0 unspecified atom stereocenters. The summed E-state index contributed by atoms with van der Waals surface area (Å²) in [5.41, 5.74) is 12.0. The summed E-state index contributed by atoms with van der Waals surface area (Å²) >= 11 is 0. The first-order valence-electron chi connectivity index (χ1n) is 4.87. The molecule has 0 aliphatic carbocycles. The molecule has 0 aromatic heterocycles. The number of nitrogens with zero attached hydrogens (tertiary/aromatic N) is 1. The van der Waals surface area contributed by atoms with Gasteiger partial charge in [-0.2, -0.15) is 0 Å². The van der Waals surface area contributed by atoms with Crippen LogP contribution in [-0.4, -0.2) is 0 Å². The summed E-state index contributed by atoms with van der Waals surface area (Å²) in [4.78, 5) is 0. The third-order valence-electron chi connectivity index (χ3n) is 2.17. The van der Waals surface area contributed by atoms with Crippen molar-refractivity contribution in [1.82, 2.24) is 5.73 Å². The van der Waals surface area contributed by atoms with Gasteiger partial charge in [-0.1, -0.05) is 60.7 Å². The molecular weight excluding hydrogens is 182 g/mol. The standard InChI is InChI=1S/C14H11N/c15-14(13-9-5-2-6-10-13)11-12-7-3-1-4-8-12/h1-11H. The van der Waals surface area contributed by atoms with Crippen molar-refractivity contribution >= 4 is 11.8 Å². The highest BCUT2D eigenvalue weighted by Gasteiger charge is 1.97. The second-order valence-corrected chi connectivity index (χ2v) is 3.31. The Hall–Kier alpha value is -2.02. The van der Waals surface area contributed by atoms with Crippen molar-refractivity contribution in [1.29, 1.82) is 0 Å². The van der Waals surface area contributed by atoms with Crippen LogP contribution in [0.5, 0.6) is 0 Å². The predicted molar refractivity (Wildman–Crippen MR) is 62.9 cm³/mol. The van der Waals surface area contributed by atoms with E-state index >= 15 is 0 Å². The Morgan fingerprint density at radius 2 is 1.33 bits per heavy atom. The van der Waals surface area contributed by atoms with Crippen molar-refractivity contribution in [3.63, 3.8) is 0 Å². The van der Waals surface area contributed by atoms with Crippen LogP contribution in [0.3, 0.4) is 0 Å². The maximum Gasteiger partial charge on any atom is 0.0935 e. The summed E-state index contributed by atoms with van der Waals surface area (Å²) in [6.07, 6.45) is 1.76. The monoisotopic (exact) mass is 193 g/mol. The summed E-state index contributed by atoms with van der Waals surface area (Å²) in [7, 11) is 0. The van der Waals surface area contributed by atoms with Gasteiger partial charge in [0.2, 0.25) is 0 Å². The highest BCUT2D eigenvalue weighted by molar-refractivity contribution is 5.78. The van der Waals surface area contributed by atoms with E-state index < -0.39 is 0 Å². The van der Waals surface area contributed by atoms with Crippen molar-refractivity contribution in [2.24, 2.45) is 0 Å². The van der Waals surface area contributed by atoms with Gasteiger partial charge in [-0.3, -0.25) is 0 Å². The van der Waals surface area contributed by atoms with Crippen molar-refractivity contribution in [2.45, 2.75) is 0 Å². The summed E-state index contributed by atoms with van der Waals surface area (Å²) < 4.78 is 0. The van der Waals surface area contributed by atoms with E-state index in [9.17, 15) is 5.73 Å². The Morgan fingerprint density at radius 1 is 0.800 bits per heavy atom. The molecule has 0 fully saturated rings. The van der Waals surface area contributed by atoms with Crippen molar-refractivity contribution in [2.75, 3.05) is 0 Å². The lowest BCUT2D eigenvalue weighted by atomic mass is 10.1. The van der Waals surface area contributed by atoms with Crippen molar-refractivity contribution in [3.05, 3.63) is 71.8 Å². The molecule has 0 atom stereocenters. The van der Waals surface area contributed by atoms with Crippen molar-refractivity contribution in [3.8, 4) is 0 Å². The fourth-order valence-electron chi connectivity index (χ4n) is 1.40. The zero-order chi connectivity index (χ0) is 10.5. The molecule has 0 aliphatic heterocycles. The second-order valence-electron chi connectivity index (χ2n) is 3.31. The van der Waals surface area contributed by atoms with Crippen LogP contribution in [0.2, 0.25) is 0 Å². The van der Waals surface area contributed by atoms with E-state index in [0.717, 1.165) is 11.1 Å². The maximum atomic E-state index is 9.84. The number of hydrogen-bond acceptors (Lipinski definition) is 0. The Kier molecular flexibility index (Phi) is 2.84. The topological polar surface area (TPSA) is 22.3 Å². The van der Waals surface area contributed by atoms with E-state index in [-0.39, 0.29) is 0 Å². The molecule has 0 saturated carbocycles. The van der Waals surface area contributed by atoms with E-state index in [1.165, 1.54) is 0 Å². The Morgan fingerprint density at radius 3 is 1.93 bits per heavy atom. The van der Waals surface area contributed by atoms with Gasteiger partial charge in [0.25, 0.3) is 0 Å². The quantitative estimate of drug-likeness (QED) is 0.653. The third-order valence-corrected chi connectivity index (χ3v) is 2.17. The van der Waals surface area contributed by atoms with Crippen LogP contribution in [0.15, 0.2) is 60.7 Å². The molecule has 0 N–H and O–H groups in total. The zero-order valence-electron chi connectivity index (χ0n) is 8.30. The highest BCUT2D eigenvalue weighted by atomic mass is 14.6. The van der Waals surface area contributed by atoms with Crippen LogP contribution in [0.25, 0.3) is 11.8 Å². The summed E-state index contributed by atoms with van der Waals surface area (Å²) in [6.45, 7) is 0. The predicted octanol–water partition coefficient (Wildman–Crippen LogP) is 3.25. The van der Waals surface area contributed by atoms with Crippen LogP contribution in [0.4, 0.5) is 0 Å². The number of hydrogen-bond donors (Lipinski definition) is 0. The fraction of sp³-hybridized carbons (Fsp3) is 0. The second kappa shape index (κ2) is 4.47. The molecule has 2 aromatic carbocycles. The first kappa shape index (κ1) is 9.53. The normalized spacial score (nSPS) is 11.3. The molecule has 1 nitrogen and oxygen atoms in total. The lowest BCUT2D eigenvalue weighted by Crippen LogP contribution is -1.83. The molecular formula is C14H11N. The van der Waals surface area contributed by atoms with E-state index in [1.807, 2.05) is 60.7 Å². The average molecular weight is 193 g/mol. The highest BCUT2D eigenvalue weighted by Crippen LogP contribution is 2.13. The van der Waals surface area contributed by atoms with E-state index in [4.69, 9.17) is 0 Å². The van der Waals surface area contributed by atoms with Gasteiger partial charge in [0.05, 0.1) is 5.70 Å². The van der Waals surface area contributed by atoms with E-state index in [0.29, 0.717) is 5.70 Å². The van der Waals surface area contributed by atoms with Gasteiger partial charge in [-0.25, -0.2) is 0 Å². The minimum absolute atomic E-state index is 0.293. The average Bonchev–Trinajstić information content (AvgIpc) is 2.31. The molecule has 0 amide bonds. The molecule has 2 rings (SSSR count). The molecule has 0 bridgehead atoms. The van der Waals surface area contributed by atoms with Gasteiger partial charge in [0.1, 0.15) is 0 Å². The molecule has 2 aromatic rings. The molecule has 0 aliphatic rings. The minimum atomic E-state index is 0.293. The molecule has 0 saturated heterocycles. The lowest BCUT2D eigenvalue weighted by molar-refractivity contribution is 1.48. The van der Waals surface area contributed by atoms with E-state index in [1.54, 1.807) is 6.08 Å². The molecule has 0 heterocycles. The van der Waals surface area contributed by atoms with Gasteiger partial charge in [0.15, 0.2) is 0 Å². The van der Waals surface area contributed by atoms with Crippen molar-refractivity contribution < 1.29 is 0 Å². The van der Waals surface area contributed by atoms with Crippen LogP contribution in [-0.2, 0) is 0 Å². The largest absolute Gasteiger partial charge is 0.150 e. The Bertz CT molecular complexity index is 443. The van der Waals surface area contributed by atoms with Crippen LogP contribution >= 0.6 is 0 Å². The molecule has 0 spiro atoms. The SMILES string of the molecule is [N]C(=Cc1ccccc1)c1ccccc1. The van der Waals surface area contributed by atoms with Gasteiger partial charge in [-0.15, -0.1) is 5.73 Å². The lowest BCUT2D eigenvalue weighted by Gasteiger charge is -1.98. The van der Waals surface area contributed by atoms with Gasteiger partial charge in [0, 0.05) is 5.56 Å². The van der Waals surface area contributed by atoms with Crippen LogP contribution in [0.1, 0.15) is 11.1 Å². The maximum absolute atomic E-state index is 9.84. The van der Waals surface area contributed by atoms with Crippen LogP contribution in [0, 0.1) is 0 Å². The molecule has 15 heavy (non-hydrogen) atoms. The van der Waals surface area contributed by atoms with Gasteiger partial charge in [-0.05, 0) is 11.6 Å². The number of benzene rings is 2. The zero-order valence-corrected chi connectivity index (χ0v) is 8.30. The smallest absolute Gasteiger partial charge is 0.0935 e. The minimum Gasteiger partial charge on any atom is -0.150 e. The summed E-state index contributed by atoms with van der Waals surface area (Å²) in [5, 5.41) is 0.